The maximum atomic E-state index is 12.4. The zero-order chi connectivity index (χ0) is 17.4. The first-order chi connectivity index (χ1) is 11.6. The molecule has 1 aliphatic heterocycles. The third-order valence-electron chi connectivity index (χ3n) is 4.81. The molecule has 25 heavy (non-hydrogen) atoms. The van der Waals surface area contributed by atoms with E-state index >= 15 is 0 Å². The zero-order valence-electron chi connectivity index (χ0n) is 15.2. The molecular weight excluding hydrogens is 359 g/mol. The second-order valence-corrected chi connectivity index (χ2v) is 7.18. The number of piperidine rings is 1. The topological polar surface area (TPSA) is 41.6 Å². The van der Waals surface area contributed by atoms with Gasteiger partial charge < -0.3 is 15.0 Å². The quantitative estimate of drug-likeness (QED) is 0.683. The van der Waals surface area contributed by atoms with Crippen LogP contribution in [0.3, 0.4) is 0 Å². The van der Waals surface area contributed by atoms with Gasteiger partial charge in [0.25, 0.3) is 0 Å². The van der Waals surface area contributed by atoms with Gasteiger partial charge in [-0.15, -0.1) is 12.4 Å². The van der Waals surface area contributed by atoms with E-state index in [-0.39, 0.29) is 18.3 Å². The number of hydrogen-bond acceptors (Lipinski definition) is 3. The number of hydrogen-bond donors (Lipinski definition) is 1. The van der Waals surface area contributed by atoms with Crippen LogP contribution in [0.4, 0.5) is 0 Å². The summed E-state index contributed by atoms with van der Waals surface area (Å²) >= 11 is 5.93. The van der Waals surface area contributed by atoms with Gasteiger partial charge in [0, 0.05) is 25.0 Å². The molecule has 1 atom stereocenters. The second kappa shape index (κ2) is 11.6. The Labute approximate surface area is 162 Å². The van der Waals surface area contributed by atoms with E-state index in [0.29, 0.717) is 29.9 Å². The standard InChI is InChI=1S/C19H29ClN2O2.ClH/c1-15(16-7-9-21-10-8-16)13-19(23)22(2)11-4-12-24-18-6-3-5-17(20)14-18;/h3,5-6,14-16,21H,4,7-13H2,1-2H3;1H. The van der Waals surface area contributed by atoms with Crippen molar-refractivity contribution >= 4 is 29.9 Å². The van der Waals surface area contributed by atoms with Crippen molar-refractivity contribution in [2.45, 2.75) is 32.6 Å². The minimum absolute atomic E-state index is 0. The first-order valence-corrected chi connectivity index (χ1v) is 9.27. The predicted molar refractivity (Wildman–Crippen MR) is 106 cm³/mol. The molecule has 0 spiro atoms. The minimum Gasteiger partial charge on any atom is -0.493 e. The highest BCUT2D eigenvalue weighted by atomic mass is 35.5. The maximum absolute atomic E-state index is 12.4. The van der Waals surface area contributed by atoms with Gasteiger partial charge in [-0.05, 0) is 62.4 Å². The second-order valence-electron chi connectivity index (χ2n) is 6.74. The summed E-state index contributed by atoms with van der Waals surface area (Å²) in [4.78, 5) is 14.2. The SMILES string of the molecule is CC(CC(=O)N(C)CCCOc1cccc(Cl)c1)C1CCNCC1.Cl. The smallest absolute Gasteiger partial charge is 0.222 e. The zero-order valence-corrected chi connectivity index (χ0v) is 16.7. The summed E-state index contributed by atoms with van der Waals surface area (Å²) in [5.41, 5.74) is 0. The Balaban J connectivity index is 0.00000312. The molecule has 142 valence electrons. The lowest BCUT2D eigenvalue weighted by Gasteiger charge is -2.29. The van der Waals surface area contributed by atoms with E-state index in [2.05, 4.69) is 12.2 Å². The van der Waals surface area contributed by atoms with Crippen molar-refractivity contribution < 1.29 is 9.53 Å². The van der Waals surface area contributed by atoms with Gasteiger partial charge in [0.1, 0.15) is 5.75 Å². The molecule has 1 saturated heterocycles. The largest absolute Gasteiger partial charge is 0.493 e. The lowest BCUT2D eigenvalue weighted by Crippen LogP contribution is -2.34. The number of benzene rings is 1. The van der Waals surface area contributed by atoms with E-state index in [9.17, 15) is 4.79 Å². The van der Waals surface area contributed by atoms with E-state index in [4.69, 9.17) is 16.3 Å². The van der Waals surface area contributed by atoms with Crippen molar-refractivity contribution in [1.82, 2.24) is 10.2 Å². The minimum atomic E-state index is 0. The van der Waals surface area contributed by atoms with Crippen LogP contribution >= 0.6 is 24.0 Å². The molecule has 1 N–H and O–H groups in total. The Kier molecular flexibility index (Phi) is 10.2. The molecule has 4 nitrogen and oxygen atoms in total. The van der Waals surface area contributed by atoms with Gasteiger partial charge in [0.15, 0.2) is 0 Å². The predicted octanol–water partition coefficient (Wildman–Crippen LogP) is 4.01. The van der Waals surface area contributed by atoms with Crippen molar-refractivity contribution in [3.63, 3.8) is 0 Å². The number of nitrogens with one attached hydrogen (secondary N) is 1. The number of nitrogens with zero attached hydrogens (tertiary/aromatic N) is 1. The molecular formula is C19H30Cl2N2O2. The summed E-state index contributed by atoms with van der Waals surface area (Å²) in [7, 11) is 1.89. The summed E-state index contributed by atoms with van der Waals surface area (Å²) < 4.78 is 5.66. The Morgan fingerprint density at radius 2 is 2.12 bits per heavy atom. The van der Waals surface area contributed by atoms with Gasteiger partial charge in [-0.25, -0.2) is 0 Å². The molecule has 1 heterocycles. The van der Waals surface area contributed by atoms with E-state index in [0.717, 1.165) is 31.8 Å². The lowest BCUT2D eigenvalue weighted by atomic mass is 9.84. The molecule has 1 aromatic rings. The number of carbonyl (C=O) groups excluding carboxylic acids is 1. The highest BCUT2D eigenvalue weighted by molar-refractivity contribution is 6.30. The number of halogens is 2. The molecule has 2 rings (SSSR count). The van der Waals surface area contributed by atoms with Crippen LogP contribution in [0.25, 0.3) is 0 Å². The van der Waals surface area contributed by atoms with Crippen LogP contribution < -0.4 is 10.1 Å². The van der Waals surface area contributed by atoms with E-state index in [1.807, 2.05) is 30.1 Å². The molecule has 0 aromatic heterocycles. The maximum Gasteiger partial charge on any atom is 0.222 e. The Bertz CT molecular complexity index is 522. The Morgan fingerprint density at radius 3 is 2.80 bits per heavy atom. The summed E-state index contributed by atoms with van der Waals surface area (Å²) in [6.45, 7) is 5.68. The summed E-state index contributed by atoms with van der Waals surface area (Å²) in [5.74, 6) is 2.15. The normalized spacial score (nSPS) is 16.0. The molecule has 1 fully saturated rings. The fourth-order valence-electron chi connectivity index (χ4n) is 3.18. The van der Waals surface area contributed by atoms with Gasteiger partial charge >= 0.3 is 0 Å². The van der Waals surface area contributed by atoms with Crippen LogP contribution in [0, 0.1) is 11.8 Å². The molecule has 0 saturated carbocycles. The third kappa shape index (κ3) is 7.85. The molecule has 0 radical (unpaired) electrons. The van der Waals surface area contributed by atoms with Crippen molar-refractivity contribution in [3.8, 4) is 5.75 Å². The van der Waals surface area contributed by atoms with Gasteiger partial charge in [-0.1, -0.05) is 24.6 Å². The van der Waals surface area contributed by atoms with Crippen LogP contribution in [0.5, 0.6) is 5.75 Å². The lowest BCUT2D eigenvalue weighted by molar-refractivity contribution is -0.131. The highest BCUT2D eigenvalue weighted by Crippen LogP contribution is 2.24. The van der Waals surface area contributed by atoms with Crippen molar-refractivity contribution in [2.24, 2.45) is 11.8 Å². The van der Waals surface area contributed by atoms with Crippen molar-refractivity contribution in [2.75, 3.05) is 33.3 Å². The van der Waals surface area contributed by atoms with Crippen LogP contribution in [-0.2, 0) is 4.79 Å². The van der Waals surface area contributed by atoms with E-state index < -0.39 is 0 Å². The van der Waals surface area contributed by atoms with Gasteiger partial charge in [-0.3, -0.25) is 4.79 Å². The Morgan fingerprint density at radius 1 is 1.40 bits per heavy atom. The summed E-state index contributed by atoms with van der Waals surface area (Å²) in [5, 5.41) is 4.05. The molecule has 1 amide bonds. The van der Waals surface area contributed by atoms with Crippen LogP contribution in [0.15, 0.2) is 24.3 Å². The average molecular weight is 389 g/mol. The molecule has 0 bridgehead atoms. The first kappa shape index (κ1) is 22.1. The number of rotatable bonds is 8. The Hall–Kier alpha value is -0.970. The summed E-state index contributed by atoms with van der Waals surface area (Å²) in [6, 6.07) is 7.39. The summed E-state index contributed by atoms with van der Waals surface area (Å²) in [6.07, 6.45) is 3.84. The molecule has 6 heteroatoms. The van der Waals surface area contributed by atoms with E-state index in [1.54, 1.807) is 6.07 Å². The third-order valence-corrected chi connectivity index (χ3v) is 5.05. The fraction of sp³-hybridized carbons (Fsp3) is 0.632. The van der Waals surface area contributed by atoms with Gasteiger partial charge in [0.05, 0.1) is 6.61 Å². The van der Waals surface area contributed by atoms with Crippen LogP contribution in [0.2, 0.25) is 5.02 Å². The first-order valence-electron chi connectivity index (χ1n) is 8.89. The molecule has 1 aliphatic rings. The monoisotopic (exact) mass is 388 g/mol. The fourth-order valence-corrected chi connectivity index (χ4v) is 3.36. The molecule has 0 aliphatic carbocycles. The average Bonchev–Trinajstić information content (AvgIpc) is 2.59. The molecule has 1 aromatic carbocycles. The number of amides is 1. The molecule has 1 unspecified atom stereocenters. The van der Waals surface area contributed by atoms with Crippen LogP contribution in [0.1, 0.15) is 32.6 Å². The van der Waals surface area contributed by atoms with Crippen LogP contribution in [-0.4, -0.2) is 44.1 Å². The number of ether oxygens (including phenoxy) is 1. The van der Waals surface area contributed by atoms with Gasteiger partial charge in [-0.2, -0.15) is 0 Å². The number of carbonyl (C=O) groups is 1. The van der Waals surface area contributed by atoms with E-state index in [1.165, 1.54) is 12.8 Å². The van der Waals surface area contributed by atoms with Gasteiger partial charge in [0.2, 0.25) is 5.91 Å². The van der Waals surface area contributed by atoms with Crippen molar-refractivity contribution in [1.29, 1.82) is 0 Å². The van der Waals surface area contributed by atoms with Crippen molar-refractivity contribution in [3.05, 3.63) is 29.3 Å². The highest BCUT2D eigenvalue weighted by Gasteiger charge is 2.23.